The molecule has 1 atom stereocenters. The molecule has 4 heteroatoms. The average molecular weight is 251 g/mol. The number of para-hydroxylation sites is 2. The Morgan fingerprint density at radius 1 is 1.33 bits per heavy atom. The van der Waals surface area contributed by atoms with Gasteiger partial charge in [-0.3, -0.25) is 4.90 Å². The van der Waals surface area contributed by atoms with Crippen LogP contribution in [0, 0.1) is 0 Å². The minimum absolute atomic E-state index is 0.324. The van der Waals surface area contributed by atoms with Gasteiger partial charge in [-0.2, -0.15) is 0 Å². The number of ether oxygens (including phenoxy) is 3. The minimum atomic E-state index is 0.324. The maximum Gasteiger partial charge on any atom is 0.161 e. The van der Waals surface area contributed by atoms with Gasteiger partial charge < -0.3 is 14.2 Å². The molecule has 1 aliphatic rings. The molecule has 1 saturated heterocycles. The third-order valence-electron chi connectivity index (χ3n) is 3.06. The number of benzene rings is 1. The van der Waals surface area contributed by atoms with Gasteiger partial charge in [0.25, 0.3) is 0 Å². The summed E-state index contributed by atoms with van der Waals surface area (Å²) in [6.07, 6.45) is 0.324. The lowest BCUT2D eigenvalue weighted by molar-refractivity contribution is -0.0214. The summed E-state index contributed by atoms with van der Waals surface area (Å²) >= 11 is 0. The summed E-state index contributed by atoms with van der Waals surface area (Å²) in [5.74, 6) is 1.59. The lowest BCUT2D eigenvalue weighted by Crippen LogP contribution is -2.42. The highest BCUT2D eigenvalue weighted by molar-refractivity contribution is 5.39. The van der Waals surface area contributed by atoms with Crippen molar-refractivity contribution < 1.29 is 14.2 Å². The molecule has 1 aromatic carbocycles. The number of morpholine rings is 1. The van der Waals surface area contributed by atoms with Crippen LogP contribution in [0.15, 0.2) is 24.3 Å². The number of rotatable bonds is 5. The van der Waals surface area contributed by atoms with Crippen LogP contribution in [0.2, 0.25) is 0 Å². The van der Waals surface area contributed by atoms with E-state index >= 15 is 0 Å². The van der Waals surface area contributed by atoms with E-state index in [2.05, 4.69) is 11.8 Å². The molecule has 1 unspecified atom stereocenters. The molecule has 0 bridgehead atoms. The van der Waals surface area contributed by atoms with E-state index in [0.29, 0.717) is 12.7 Å². The summed E-state index contributed by atoms with van der Waals surface area (Å²) in [6, 6.07) is 7.73. The molecule has 0 aromatic heterocycles. The quantitative estimate of drug-likeness (QED) is 0.798. The molecule has 100 valence electrons. The molecule has 1 aromatic rings. The van der Waals surface area contributed by atoms with Crippen molar-refractivity contribution in [3.63, 3.8) is 0 Å². The first-order valence-corrected chi connectivity index (χ1v) is 6.39. The maximum atomic E-state index is 5.76. The highest BCUT2D eigenvalue weighted by Crippen LogP contribution is 2.25. The van der Waals surface area contributed by atoms with Gasteiger partial charge in [-0.05, 0) is 19.1 Å². The van der Waals surface area contributed by atoms with E-state index in [0.717, 1.165) is 37.7 Å². The fourth-order valence-electron chi connectivity index (χ4n) is 2.12. The Kier molecular flexibility index (Phi) is 4.84. The highest BCUT2D eigenvalue weighted by atomic mass is 16.5. The van der Waals surface area contributed by atoms with Crippen LogP contribution in [0.5, 0.6) is 11.5 Å². The lowest BCUT2D eigenvalue weighted by Gasteiger charge is -2.30. The van der Waals surface area contributed by atoms with Crippen molar-refractivity contribution >= 4 is 0 Å². The number of methoxy groups -OCH3 is 1. The van der Waals surface area contributed by atoms with Gasteiger partial charge in [0.2, 0.25) is 0 Å². The van der Waals surface area contributed by atoms with Gasteiger partial charge in [-0.1, -0.05) is 12.1 Å². The Balaban J connectivity index is 1.77. The molecule has 1 heterocycles. The van der Waals surface area contributed by atoms with E-state index in [9.17, 15) is 0 Å². The first-order chi connectivity index (χ1) is 8.79. The SMILES string of the molecule is COc1ccccc1OCCN1CCOC(C)C1. The first-order valence-electron chi connectivity index (χ1n) is 6.39. The van der Waals surface area contributed by atoms with E-state index in [1.807, 2.05) is 24.3 Å². The zero-order valence-electron chi connectivity index (χ0n) is 11.1. The predicted octanol–water partition coefficient (Wildman–Crippen LogP) is 1.79. The van der Waals surface area contributed by atoms with Crippen LogP contribution in [0.1, 0.15) is 6.92 Å². The standard InChI is InChI=1S/C14H21NO3/c1-12-11-15(7-9-17-12)8-10-18-14-6-4-3-5-13(14)16-2/h3-6,12H,7-11H2,1-2H3. The number of hydrogen-bond donors (Lipinski definition) is 0. The van der Waals surface area contributed by atoms with Gasteiger partial charge >= 0.3 is 0 Å². The summed E-state index contributed by atoms with van der Waals surface area (Å²) in [5.41, 5.74) is 0. The number of nitrogens with zero attached hydrogens (tertiary/aromatic N) is 1. The largest absolute Gasteiger partial charge is 0.493 e. The third-order valence-corrected chi connectivity index (χ3v) is 3.06. The molecule has 1 fully saturated rings. The Labute approximate surface area is 108 Å². The fourth-order valence-corrected chi connectivity index (χ4v) is 2.12. The smallest absolute Gasteiger partial charge is 0.161 e. The fraction of sp³-hybridized carbons (Fsp3) is 0.571. The summed E-state index contributed by atoms with van der Waals surface area (Å²) in [5, 5.41) is 0. The van der Waals surface area contributed by atoms with Gasteiger partial charge in [0, 0.05) is 19.6 Å². The predicted molar refractivity (Wildman–Crippen MR) is 70.3 cm³/mol. The van der Waals surface area contributed by atoms with Crippen LogP contribution in [0.25, 0.3) is 0 Å². The van der Waals surface area contributed by atoms with Crippen molar-refractivity contribution in [1.82, 2.24) is 4.90 Å². The van der Waals surface area contributed by atoms with Crippen molar-refractivity contribution in [2.75, 3.05) is 40.0 Å². The van der Waals surface area contributed by atoms with Crippen LogP contribution in [-0.4, -0.2) is 51.0 Å². The summed E-state index contributed by atoms with van der Waals surface area (Å²) in [4.78, 5) is 2.36. The number of hydrogen-bond acceptors (Lipinski definition) is 4. The average Bonchev–Trinajstić information content (AvgIpc) is 2.39. The monoisotopic (exact) mass is 251 g/mol. The van der Waals surface area contributed by atoms with E-state index in [1.54, 1.807) is 7.11 Å². The zero-order chi connectivity index (χ0) is 12.8. The van der Waals surface area contributed by atoms with Crippen molar-refractivity contribution in [1.29, 1.82) is 0 Å². The highest BCUT2D eigenvalue weighted by Gasteiger charge is 2.16. The van der Waals surface area contributed by atoms with Gasteiger partial charge in [0.15, 0.2) is 11.5 Å². The van der Waals surface area contributed by atoms with Crippen molar-refractivity contribution in [2.45, 2.75) is 13.0 Å². The van der Waals surface area contributed by atoms with Crippen LogP contribution in [0.4, 0.5) is 0 Å². The van der Waals surface area contributed by atoms with Crippen molar-refractivity contribution in [3.8, 4) is 11.5 Å². The molecule has 0 saturated carbocycles. The topological polar surface area (TPSA) is 30.9 Å². The summed E-state index contributed by atoms with van der Waals surface area (Å²) < 4.78 is 16.5. The molecular weight excluding hydrogens is 230 g/mol. The van der Waals surface area contributed by atoms with E-state index in [4.69, 9.17) is 14.2 Å². The molecule has 18 heavy (non-hydrogen) atoms. The molecule has 0 radical (unpaired) electrons. The van der Waals surface area contributed by atoms with Crippen molar-refractivity contribution in [3.05, 3.63) is 24.3 Å². The Bertz CT molecular complexity index is 370. The molecule has 0 spiro atoms. The van der Waals surface area contributed by atoms with Gasteiger partial charge in [-0.15, -0.1) is 0 Å². The van der Waals surface area contributed by atoms with Gasteiger partial charge in [0.05, 0.1) is 19.8 Å². The maximum absolute atomic E-state index is 5.76. The second-order valence-electron chi connectivity index (χ2n) is 4.48. The second-order valence-corrected chi connectivity index (χ2v) is 4.48. The summed E-state index contributed by atoms with van der Waals surface area (Å²) in [7, 11) is 1.66. The van der Waals surface area contributed by atoms with Crippen LogP contribution in [-0.2, 0) is 4.74 Å². The van der Waals surface area contributed by atoms with E-state index in [-0.39, 0.29) is 0 Å². The second kappa shape index (κ2) is 6.61. The molecular formula is C14H21NO3. The van der Waals surface area contributed by atoms with Gasteiger partial charge in [-0.25, -0.2) is 0 Å². The summed E-state index contributed by atoms with van der Waals surface area (Å²) in [6.45, 7) is 6.48. The molecule has 2 rings (SSSR count). The lowest BCUT2D eigenvalue weighted by atomic mass is 10.3. The zero-order valence-corrected chi connectivity index (χ0v) is 11.1. The Hall–Kier alpha value is -1.26. The minimum Gasteiger partial charge on any atom is -0.493 e. The van der Waals surface area contributed by atoms with Crippen LogP contribution >= 0.6 is 0 Å². The third kappa shape index (κ3) is 3.62. The Morgan fingerprint density at radius 2 is 2.11 bits per heavy atom. The van der Waals surface area contributed by atoms with Crippen LogP contribution in [0.3, 0.4) is 0 Å². The van der Waals surface area contributed by atoms with E-state index in [1.165, 1.54) is 0 Å². The van der Waals surface area contributed by atoms with Crippen molar-refractivity contribution in [2.24, 2.45) is 0 Å². The molecule has 0 N–H and O–H groups in total. The molecule has 1 aliphatic heterocycles. The first kappa shape index (κ1) is 13.2. The normalized spacial score (nSPS) is 20.7. The molecule has 0 aliphatic carbocycles. The van der Waals surface area contributed by atoms with Crippen LogP contribution < -0.4 is 9.47 Å². The van der Waals surface area contributed by atoms with Gasteiger partial charge in [0.1, 0.15) is 6.61 Å². The Morgan fingerprint density at radius 3 is 2.83 bits per heavy atom. The molecule has 0 amide bonds. The molecule has 4 nitrogen and oxygen atoms in total. The van der Waals surface area contributed by atoms with E-state index < -0.39 is 0 Å².